The van der Waals surface area contributed by atoms with E-state index in [0.717, 1.165) is 0 Å². The van der Waals surface area contributed by atoms with Crippen LogP contribution in [0.5, 0.6) is 0 Å². The van der Waals surface area contributed by atoms with Gasteiger partial charge in [0.2, 0.25) is 0 Å². The summed E-state index contributed by atoms with van der Waals surface area (Å²) in [4.78, 5) is 35.1. The van der Waals surface area contributed by atoms with Crippen molar-refractivity contribution in [1.82, 2.24) is 0 Å². The monoisotopic (exact) mass is 310 g/mol. The Hall–Kier alpha value is -2.15. The van der Waals surface area contributed by atoms with Crippen LogP contribution >= 0.6 is 0 Å². The molecule has 22 heavy (non-hydrogen) atoms. The molecule has 0 aromatic rings. The van der Waals surface area contributed by atoms with Crippen molar-refractivity contribution in [3.05, 3.63) is 24.3 Å². The Morgan fingerprint density at radius 2 is 1.59 bits per heavy atom. The third-order valence-electron chi connectivity index (χ3n) is 3.55. The third-order valence-corrected chi connectivity index (χ3v) is 3.55. The zero-order valence-electron chi connectivity index (χ0n) is 12.4. The van der Waals surface area contributed by atoms with E-state index in [1.165, 1.54) is 14.0 Å². The van der Waals surface area contributed by atoms with Crippen LogP contribution in [0.15, 0.2) is 24.3 Å². The quantitative estimate of drug-likeness (QED) is 0.230. The number of rotatable bonds is 6. The minimum Gasteiger partial charge on any atom is -0.469 e. The first-order chi connectivity index (χ1) is 10.5. The molecular formula is C15H18O7. The van der Waals surface area contributed by atoms with E-state index in [-0.39, 0.29) is 18.8 Å². The molecule has 0 radical (unpaired) electrons. The van der Waals surface area contributed by atoms with Crippen LogP contribution in [0.4, 0.5) is 0 Å². The highest BCUT2D eigenvalue weighted by atomic mass is 16.6. The summed E-state index contributed by atoms with van der Waals surface area (Å²) < 4.78 is 20.1. The SMILES string of the molecule is C=C(C)C(=O)OCCOC(=O)[C@@H]1[C@@H](C(=O)OC)[C@H]2C=C[C@@H]1O2. The highest BCUT2D eigenvalue weighted by Crippen LogP contribution is 2.40. The summed E-state index contributed by atoms with van der Waals surface area (Å²) >= 11 is 0. The topological polar surface area (TPSA) is 88.1 Å². The van der Waals surface area contributed by atoms with E-state index in [1.807, 2.05) is 0 Å². The van der Waals surface area contributed by atoms with Crippen LogP contribution in [0.3, 0.4) is 0 Å². The fourth-order valence-corrected chi connectivity index (χ4v) is 2.50. The summed E-state index contributed by atoms with van der Waals surface area (Å²) in [6.07, 6.45) is 2.53. The second-order valence-electron chi connectivity index (χ2n) is 5.11. The average molecular weight is 310 g/mol. The van der Waals surface area contributed by atoms with Gasteiger partial charge in [-0.2, -0.15) is 0 Å². The van der Waals surface area contributed by atoms with Gasteiger partial charge in [-0.1, -0.05) is 18.7 Å². The second-order valence-corrected chi connectivity index (χ2v) is 5.11. The van der Waals surface area contributed by atoms with Crippen molar-refractivity contribution in [1.29, 1.82) is 0 Å². The van der Waals surface area contributed by atoms with Crippen molar-refractivity contribution in [2.75, 3.05) is 20.3 Å². The Balaban J connectivity index is 1.86. The minimum absolute atomic E-state index is 0.0716. The molecule has 0 spiro atoms. The predicted octanol–water partition coefficient (Wildman–Crippen LogP) is 0.391. The Kier molecular flexibility index (Phi) is 4.97. The maximum absolute atomic E-state index is 12.1. The van der Waals surface area contributed by atoms with E-state index in [4.69, 9.17) is 18.9 Å². The van der Waals surface area contributed by atoms with Crippen molar-refractivity contribution >= 4 is 17.9 Å². The predicted molar refractivity (Wildman–Crippen MR) is 73.5 cm³/mol. The van der Waals surface area contributed by atoms with Gasteiger partial charge in [0.05, 0.1) is 19.3 Å². The smallest absolute Gasteiger partial charge is 0.333 e. The molecule has 0 amide bonds. The first kappa shape index (κ1) is 16.2. The maximum atomic E-state index is 12.1. The van der Waals surface area contributed by atoms with E-state index in [2.05, 4.69) is 6.58 Å². The van der Waals surface area contributed by atoms with Crippen LogP contribution in [0.1, 0.15) is 6.92 Å². The molecule has 7 heteroatoms. The molecule has 1 saturated heterocycles. The molecule has 0 aliphatic carbocycles. The number of esters is 3. The molecule has 2 heterocycles. The molecule has 0 saturated carbocycles. The lowest BCUT2D eigenvalue weighted by molar-refractivity contribution is -0.160. The standard InChI is InChI=1S/C15H18O7/c1-8(2)13(16)20-6-7-21-15(18)12-10-5-4-9(22-10)11(12)14(17)19-3/h4-5,9-12H,1,6-7H2,2-3H3/t9-,10+,11+,12+/m1/s1. The van der Waals surface area contributed by atoms with Gasteiger partial charge < -0.3 is 18.9 Å². The molecule has 2 aliphatic heterocycles. The maximum Gasteiger partial charge on any atom is 0.333 e. The lowest BCUT2D eigenvalue weighted by atomic mass is 9.83. The van der Waals surface area contributed by atoms with Crippen molar-refractivity contribution in [3.8, 4) is 0 Å². The molecule has 2 bridgehead atoms. The summed E-state index contributed by atoms with van der Waals surface area (Å²) in [5.41, 5.74) is 0.267. The third kappa shape index (κ3) is 3.19. The molecule has 0 N–H and O–H groups in total. The van der Waals surface area contributed by atoms with Gasteiger partial charge in [0, 0.05) is 5.57 Å². The van der Waals surface area contributed by atoms with E-state index in [0.29, 0.717) is 0 Å². The largest absolute Gasteiger partial charge is 0.469 e. The van der Waals surface area contributed by atoms with Gasteiger partial charge in [0.1, 0.15) is 25.0 Å². The normalized spacial score (nSPS) is 28.3. The van der Waals surface area contributed by atoms with Crippen LogP contribution in [0.2, 0.25) is 0 Å². The molecule has 2 rings (SSSR count). The second kappa shape index (κ2) is 6.74. The van der Waals surface area contributed by atoms with Gasteiger partial charge >= 0.3 is 17.9 Å². The van der Waals surface area contributed by atoms with Crippen LogP contribution in [-0.4, -0.2) is 50.4 Å². The first-order valence-electron chi connectivity index (χ1n) is 6.86. The van der Waals surface area contributed by atoms with Crippen molar-refractivity contribution in [2.24, 2.45) is 11.8 Å². The number of carbonyl (C=O) groups excluding carboxylic acids is 3. The van der Waals surface area contributed by atoms with Gasteiger partial charge in [-0.05, 0) is 6.92 Å². The molecular weight excluding hydrogens is 292 g/mol. The Labute approximate surface area is 127 Å². The number of hydrogen-bond donors (Lipinski definition) is 0. The van der Waals surface area contributed by atoms with Gasteiger partial charge in [-0.15, -0.1) is 0 Å². The van der Waals surface area contributed by atoms with Crippen molar-refractivity contribution in [2.45, 2.75) is 19.1 Å². The number of methoxy groups -OCH3 is 1. The van der Waals surface area contributed by atoms with E-state index < -0.39 is 42.0 Å². The van der Waals surface area contributed by atoms with Crippen LogP contribution in [0.25, 0.3) is 0 Å². The van der Waals surface area contributed by atoms with E-state index in [9.17, 15) is 14.4 Å². The number of fused-ring (bicyclic) bond motifs is 2. The van der Waals surface area contributed by atoms with Crippen LogP contribution in [0, 0.1) is 11.8 Å². The highest BCUT2D eigenvalue weighted by molar-refractivity contribution is 5.87. The van der Waals surface area contributed by atoms with Gasteiger partial charge in [-0.3, -0.25) is 9.59 Å². The molecule has 4 atom stereocenters. The molecule has 7 nitrogen and oxygen atoms in total. The van der Waals surface area contributed by atoms with E-state index >= 15 is 0 Å². The molecule has 2 aliphatic rings. The summed E-state index contributed by atoms with van der Waals surface area (Å²) in [6, 6.07) is 0. The van der Waals surface area contributed by atoms with Crippen molar-refractivity contribution in [3.63, 3.8) is 0 Å². The summed E-state index contributed by atoms with van der Waals surface area (Å²) in [5.74, 6) is -3.06. The van der Waals surface area contributed by atoms with Crippen LogP contribution in [-0.2, 0) is 33.3 Å². The molecule has 1 fully saturated rings. The Morgan fingerprint density at radius 3 is 2.14 bits per heavy atom. The number of hydrogen-bond acceptors (Lipinski definition) is 7. The van der Waals surface area contributed by atoms with Crippen molar-refractivity contribution < 1.29 is 33.3 Å². The minimum atomic E-state index is -0.737. The molecule has 0 aromatic heterocycles. The Bertz CT molecular complexity index is 522. The summed E-state index contributed by atoms with van der Waals surface area (Å²) in [7, 11) is 1.26. The van der Waals surface area contributed by atoms with Gasteiger partial charge in [0.25, 0.3) is 0 Å². The lowest BCUT2D eigenvalue weighted by Crippen LogP contribution is -2.38. The van der Waals surface area contributed by atoms with E-state index in [1.54, 1.807) is 12.2 Å². The first-order valence-corrected chi connectivity index (χ1v) is 6.86. The van der Waals surface area contributed by atoms with Crippen LogP contribution < -0.4 is 0 Å². The zero-order valence-corrected chi connectivity index (χ0v) is 12.4. The number of carbonyl (C=O) groups is 3. The Morgan fingerprint density at radius 1 is 1.05 bits per heavy atom. The summed E-state index contributed by atoms with van der Waals surface area (Å²) in [6.45, 7) is 4.80. The molecule has 0 aromatic carbocycles. The molecule has 0 unspecified atom stereocenters. The lowest BCUT2D eigenvalue weighted by Gasteiger charge is -2.21. The molecule has 120 valence electrons. The fraction of sp³-hybridized carbons (Fsp3) is 0.533. The fourth-order valence-electron chi connectivity index (χ4n) is 2.50. The van der Waals surface area contributed by atoms with Gasteiger partial charge in [-0.25, -0.2) is 4.79 Å². The highest BCUT2D eigenvalue weighted by Gasteiger charge is 2.54. The summed E-state index contributed by atoms with van der Waals surface area (Å²) in [5, 5.41) is 0. The number of ether oxygens (including phenoxy) is 4. The van der Waals surface area contributed by atoms with Gasteiger partial charge in [0.15, 0.2) is 0 Å². The zero-order chi connectivity index (χ0) is 16.3. The average Bonchev–Trinajstić information content (AvgIpc) is 3.10.